The average Bonchev–Trinajstić information content (AvgIpc) is 1.87. The van der Waals surface area contributed by atoms with E-state index in [0.717, 1.165) is 5.57 Å². The quantitative estimate of drug-likeness (QED) is 0.310. The van der Waals surface area contributed by atoms with Gasteiger partial charge in [-0.3, -0.25) is 4.99 Å². The van der Waals surface area contributed by atoms with E-state index in [-0.39, 0.29) is 0 Å². The number of hydrogen-bond acceptors (Lipinski definition) is 2. The van der Waals surface area contributed by atoms with Crippen molar-refractivity contribution in [3.63, 3.8) is 0 Å². The van der Waals surface area contributed by atoms with Crippen molar-refractivity contribution >= 4 is 6.72 Å². The molecule has 0 spiro atoms. The molecule has 0 amide bonds. The molecule has 0 atom stereocenters. The molecule has 2 nitrogen and oxygen atoms in total. The Morgan fingerprint density at radius 2 is 2.33 bits per heavy atom. The zero-order valence-electron chi connectivity index (χ0n) is 5.39. The van der Waals surface area contributed by atoms with Crippen LogP contribution in [0.1, 0.15) is 6.92 Å². The van der Waals surface area contributed by atoms with Crippen LogP contribution in [0.15, 0.2) is 28.9 Å². The number of nitrogens with zero attached hydrogens (tertiary/aromatic N) is 2. The van der Waals surface area contributed by atoms with E-state index in [1.807, 2.05) is 6.07 Å². The van der Waals surface area contributed by atoms with Crippen molar-refractivity contribution in [3.8, 4) is 6.07 Å². The largest absolute Gasteiger partial charge is 0.272 e. The molecule has 0 aliphatic carbocycles. The van der Waals surface area contributed by atoms with Crippen molar-refractivity contribution in [2.45, 2.75) is 6.92 Å². The Kier molecular flexibility index (Phi) is 3.07. The lowest BCUT2D eigenvalue weighted by Gasteiger charge is -1.89. The normalized spacial score (nSPS) is 10.0. The zero-order valence-corrected chi connectivity index (χ0v) is 5.39. The summed E-state index contributed by atoms with van der Waals surface area (Å²) in [5, 5.41) is 8.28. The maximum atomic E-state index is 8.28. The van der Waals surface area contributed by atoms with E-state index in [1.54, 1.807) is 6.92 Å². The number of rotatable bonds is 2. The Morgan fingerprint density at radius 1 is 1.78 bits per heavy atom. The van der Waals surface area contributed by atoms with Gasteiger partial charge < -0.3 is 0 Å². The van der Waals surface area contributed by atoms with Crippen LogP contribution in [0.3, 0.4) is 0 Å². The van der Waals surface area contributed by atoms with Gasteiger partial charge in [0.25, 0.3) is 0 Å². The van der Waals surface area contributed by atoms with Gasteiger partial charge in [-0.15, -0.1) is 0 Å². The monoisotopic (exact) mass is 120 g/mol. The Morgan fingerprint density at radius 3 is 2.67 bits per heavy atom. The predicted molar refractivity (Wildman–Crippen MR) is 38.1 cm³/mol. The van der Waals surface area contributed by atoms with Gasteiger partial charge in [0.2, 0.25) is 0 Å². The highest BCUT2D eigenvalue weighted by Gasteiger charge is 1.90. The molecule has 0 saturated heterocycles. The molecule has 0 saturated carbocycles. The fourth-order valence-electron chi connectivity index (χ4n) is 0.303. The lowest BCUT2D eigenvalue weighted by molar-refractivity contribution is 1.37. The maximum absolute atomic E-state index is 8.28. The zero-order chi connectivity index (χ0) is 7.28. The molecule has 9 heavy (non-hydrogen) atoms. The third-order valence-corrected chi connectivity index (χ3v) is 0.896. The number of allylic oxidation sites excluding steroid dienone is 2. The highest BCUT2D eigenvalue weighted by Crippen LogP contribution is 2.03. The van der Waals surface area contributed by atoms with Crippen molar-refractivity contribution in [2.75, 3.05) is 0 Å². The molecule has 0 unspecified atom stereocenters. The molecule has 0 aliphatic heterocycles. The Bertz CT molecular complexity index is 193. The van der Waals surface area contributed by atoms with Crippen LogP contribution in [0.4, 0.5) is 0 Å². The highest BCUT2D eigenvalue weighted by molar-refractivity contribution is 5.39. The Hall–Kier alpha value is -1.36. The van der Waals surface area contributed by atoms with E-state index in [0.29, 0.717) is 5.57 Å². The molecule has 0 aromatic heterocycles. The summed E-state index contributed by atoms with van der Waals surface area (Å²) in [6.07, 6.45) is 1.51. The minimum Gasteiger partial charge on any atom is -0.272 e. The van der Waals surface area contributed by atoms with Crippen molar-refractivity contribution < 1.29 is 0 Å². The molecule has 0 radical (unpaired) electrons. The first-order valence-electron chi connectivity index (χ1n) is 2.44. The van der Waals surface area contributed by atoms with Crippen LogP contribution in [0, 0.1) is 11.3 Å². The lowest BCUT2D eigenvalue weighted by atomic mass is 10.2. The van der Waals surface area contributed by atoms with Crippen molar-refractivity contribution in [1.29, 1.82) is 5.26 Å². The smallest absolute Gasteiger partial charge is 0.0988 e. The van der Waals surface area contributed by atoms with Crippen LogP contribution in [0.25, 0.3) is 0 Å². The minimum absolute atomic E-state index is 0.433. The fourth-order valence-corrected chi connectivity index (χ4v) is 0.303. The molecule has 0 aromatic carbocycles. The molecule has 0 heterocycles. The molecule has 2 heteroatoms. The Labute approximate surface area is 54.8 Å². The molecule has 0 rings (SSSR count). The average molecular weight is 120 g/mol. The number of hydrogen-bond donors (Lipinski definition) is 0. The second-order valence-electron chi connectivity index (χ2n) is 1.59. The summed E-state index contributed by atoms with van der Waals surface area (Å²) in [4.78, 5) is 3.48. The topological polar surface area (TPSA) is 36.1 Å². The second kappa shape index (κ2) is 3.62. The van der Waals surface area contributed by atoms with E-state index >= 15 is 0 Å². The van der Waals surface area contributed by atoms with Crippen LogP contribution in [-0.2, 0) is 0 Å². The lowest BCUT2D eigenvalue weighted by Crippen LogP contribution is -1.75. The summed E-state index contributed by atoms with van der Waals surface area (Å²) in [7, 11) is 0. The first-order valence-corrected chi connectivity index (χ1v) is 2.44. The van der Waals surface area contributed by atoms with Crippen LogP contribution < -0.4 is 0 Å². The fraction of sp³-hybridized carbons (Fsp3) is 0.143. The molecule has 0 bridgehead atoms. The first kappa shape index (κ1) is 7.64. The molecule has 46 valence electrons. The van der Waals surface area contributed by atoms with Gasteiger partial charge in [-0.05, 0) is 19.2 Å². The van der Waals surface area contributed by atoms with Crippen LogP contribution >= 0.6 is 0 Å². The summed E-state index contributed by atoms with van der Waals surface area (Å²) < 4.78 is 0. The summed E-state index contributed by atoms with van der Waals surface area (Å²) in [6, 6.07) is 1.90. The first-order chi connectivity index (χ1) is 4.22. The van der Waals surface area contributed by atoms with Crippen LogP contribution in [-0.4, -0.2) is 6.72 Å². The summed E-state index contributed by atoms with van der Waals surface area (Å²) in [5.74, 6) is 0. The van der Waals surface area contributed by atoms with E-state index in [9.17, 15) is 0 Å². The SMILES string of the molecule is C=N/C=C(/C)C(=C)C#N. The third-order valence-electron chi connectivity index (χ3n) is 0.896. The van der Waals surface area contributed by atoms with Gasteiger partial charge in [0.15, 0.2) is 0 Å². The van der Waals surface area contributed by atoms with Gasteiger partial charge in [-0.25, -0.2) is 0 Å². The molecular weight excluding hydrogens is 112 g/mol. The van der Waals surface area contributed by atoms with E-state index in [1.165, 1.54) is 6.20 Å². The standard InChI is InChI=1S/C7H8N2/c1-6(4-8)7(2)5-9-3/h5H,1,3H2,2H3/b7-5-. The van der Waals surface area contributed by atoms with E-state index < -0.39 is 0 Å². The minimum atomic E-state index is 0.433. The maximum Gasteiger partial charge on any atom is 0.0988 e. The van der Waals surface area contributed by atoms with Gasteiger partial charge in [0.05, 0.1) is 6.07 Å². The van der Waals surface area contributed by atoms with Gasteiger partial charge >= 0.3 is 0 Å². The van der Waals surface area contributed by atoms with E-state index in [4.69, 9.17) is 5.26 Å². The molecule has 0 aliphatic rings. The second-order valence-corrected chi connectivity index (χ2v) is 1.59. The number of aliphatic imine (C=N–C) groups is 1. The van der Waals surface area contributed by atoms with Crippen LogP contribution in [0.2, 0.25) is 0 Å². The van der Waals surface area contributed by atoms with Crippen LogP contribution in [0.5, 0.6) is 0 Å². The van der Waals surface area contributed by atoms with Gasteiger partial charge in [0, 0.05) is 11.8 Å². The van der Waals surface area contributed by atoms with Gasteiger partial charge in [-0.2, -0.15) is 5.26 Å². The van der Waals surface area contributed by atoms with Crippen molar-refractivity contribution in [1.82, 2.24) is 0 Å². The Balaban J connectivity index is 4.24. The number of nitriles is 1. The molecule has 0 N–H and O–H groups in total. The molecule has 0 aromatic rings. The molecular formula is C7H8N2. The molecule has 0 fully saturated rings. The highest BCUT2D eigenvalue weighted by atomic mass is 14.6. The van der Waals surface area contributed by atoms with Crippen molar-refractivity contribution in [2.24, 2.45) is 4.99 Å². The van der Waals surface area contributed by atoms with E-state index in [2.05, 4.69) is 18.3 Å². The van der Waals surface area contributed by atoms with Gasteiger partial charge in [0.1, 0.15) is 0 Å². The summed E-state index contributed by atoms with van der Waals surface area (Å²) in [5.41, 5.74) is 1.19. The summed E-state index contributed by atoms with van der Waals surface area (Å²) >= 11 is 0. The van der Waals surface area contributed by atoms with Gasteiger partial charge in [-0.1, -0.05) is 6.58 Å². The third kappa shape index (κ3) is 2.45. The predicted octanol–water partition coefficient (Wildman–Crippen LogP) is 1.67. The van der Waals surface area contributed by atoms with Crippen molar-refractivity contribution in [3.05, 3.63) is 23.9 Å². The summed E-state index contributed by atoms with van der Waals surface area (Å²) in [6.45, 7) is 8.48.